The summed E-state index contributed by atoms with van der Waals surface area (Å²) < 4.78 is 0. The Morgan fingerprint density at radius 1 is 1.11 bits per heavy atom. The minimum atomic E-state index is -0.0370. The van der Waals surface area contributed by atoms with Crippen LogP contribution < -0.4 is 17.4 Å². The van der Waals surface area contributed by atoms with Crippen LogP contribution >= 0.6 is 0 Å². The van der Waals surface area contributed by atoms with Gasteiger partial charge in [0.05, 0.1) is 12.1 Å². The fraction of sp³-hybridized carbons (Fsp3) is 0. The van der Waals surface area contributed by atoms with Gasteiger partial charge in [-0.1, -0.05) is 0 Å². The maximum absolute atomic E-state index is 8.60. The monoisotopic (exact) mass is 147 g/mol. The van der Waals surface area contributed by atoms with Crippen molar-refractivity contribution in [2.45, 2.75) is 0 Å². The Balaban J connectivity index is 0.000000640. The van der Waals surface area contributed by atoms with E-state index in [-0.39, 0.29) is 24.2 Å². The maximum atomic E-state index is 8.60. The number of halogens is 1. The lowest BCUT2D eigenvalue weighted by Crippen LogP contribution is -3.00. The largest absolute Gasteiger partial charge is 1.00 e. The Hall–Kier alpha value is -0.960. The molecule has 3 N–H and O–H groups in total. The molecule has 0 aliphatic rings. The summed E-state index contributed by atoms with van der Waals surface area (Å²) in [6.45, 7) is 0. The average Bonchev–Trinajstić information content (AvgIpc) is 1.64. The first-order valence-electron chi connectivity index (χ1n) is 2.19. The first kappa shape index (κ1) is 8.04. The van der Waals surface area contributed by atoms with Crippen molar-refractivity contribution in [3.63, 3.8) is 0 Å². The van der Waals surface area contributed by atoms with E-state index in [0.717, 1.165) is 0 Å². The third-order valence-electron chi connectivity index (χ3n) is 0.764. The highest BCUT2D eigenvalue weighted by molar-refractivity contribution is 5.07. The molecule has 0 radical (unpaired) electrons. The van der Waals surface area contributed by atoms with Crippen molar-refractivity contribution in [2.75, 3.05) is 0 Å². The SMILES string of the molecule is Oc1cccc(O)[nH+]1.[Cl-]. The molecule has 50 valence electrons. The molecule has 0 bridgehead atoms. The number of rotatable bonds is 0. The third kappa shape index (κ3) is 2.19. The molecule has 0 fully saturated rings. The van der Waals surface area contributed by atoms with Gasteiger partial charge in [-0.05, 0) is 6.07 Å². The molecule has 0 aromatic carbocycles. The van der Waals surface area contributed by atoms with Crippen LogP contribution in [0.2, 0.25) is 0 Å². The van der Waals surface area contributed by atoms with Crippen LogP contribution in [-0.2, 0) is 0 Å². The van der Waals surface area contributed by atoms with Gasteiger partial charge in [-0.25, -0.2) is 0 Å². The lowest BCUT2D eigenvalue weighted by molar-refractivity contribution is -0.409. The highest BCUT2D eigenvalue weighted by Gasteiger charge is 1.96. The van der Waals surface area contributed by atoms with Gasteiger partial charge in [-0.2, -0.15) is 0 Å². The number of aromatic nitrogens is 1. The van der Waals surface area contributed by atoms with E-state index < -0.39 is 0 Å². The molecule has 0 saturated carbocycles. The summed E-state index contributed by atoms with van der Waals surface area (Å²) in [7, 11) is 0. The molecule has 4 heteroatoms. The second-order valence-corrected chi connectivity index (χ2v) is 1.42. The van der Waals surface area contributed by atoms with Crippen molar-refractivity contribution in [2.24, 2.45) is 0 Å². The number of hydrogen-bond donors (Lipinski definition) is 2. The second kappa shape index (κ2) is 3.14. The van der Waals surface area contributed by atoms with Crippen molar-refractivity contribution < 1.29 is 27.6 Å². The fourth-order valence-corrected chi connectivity index (χ4v) is 0.445. The molecular weight excluding hydrogens is 142 g/mol. The van der Waals surface area contributed by atoms with E-state index in [1.54, 1.807) is 6.07 Å². The van der Waals surface area contributed by atoms with E-state index in [2.05, 4.69) is 4.98 Å². The number of H-pyrrole nitrogens is 1. The van der Waals surface area contributed by atoms with Crippen molar-refractivity contribution >= 4 is 0 Å². The molecule has 0 aliphatic heterocycles. The maximum Gasteiger partial charge on any atom is 0.366 e. The molecule has 1 rings (SSSR count). The van der Waals surface area contributed by atoms with Gasteiger partial charge in [0.25, 0.3) is 0 Å². The van der Waals surface area contributed by atoms with Gasteiger partial charge in [0, 0.05) is 0 Å². The molecule has 1 aromatic heterocycles. The quantitative estimate of drug-likeness (QED) is 0.409. The Morgan fingerprint density at radius 3 is 1.78 bits per heavy atom. The summed E-state index contributed by atoms with van der Waals surface area (Å²) in [6.07, 6.45) is 0. The van der Waals surface area contributed by atoms with Gasteiger partial charge in [-0.15, -0.1) is 4.98 Å². The number of aromatic amines is 1. The Labute approximate surface area is 58.4 Å². The zero-order valence-electron chi connectivity index (χ0n) is 4.50. The first-order chi connectivity index (χ1) is 3.79. The normalized spacial score (nSPS) is 8.00. The first-order valence-corrected chi connectivity index (χ1v) is 2.19. The predicted octanol–water partition coefficient (Wildman–Crippen LogP) is -3.08. The van der Waals surface area contributed by atoms with Crippen LogP contribution in [0.3, 0.4) is 0 Å². The molecule has 1 heterocycles. The molecule has 0 atom stereocenters. The molecule has 0 spiro atoms. The highest BCUT2D eigenvalue weighted by Crippen LogP contribution is 2.01. The van der Waals surface area contributed by atoms with Crippen LogP contribution in [0.4, 0.5) is 0 Å². The average molecular weight is 148 g/mol. The molecule has 0 saturated heterocycles. The zero-order chi connectivity index (χ0) is 5.98. The van der Waals surface area contributed by atoms with Gasteiger partial charge < -0.3 is 22.6 Å². The summed E-state index contributed by atoms with van der Waals surface area (Å²) in [5.41, 5.74) is 0. The highest BCUT2D eigenvalue weighted by atomic mass is 35.5. The van der Waals surface area contributed by atoms with Crippen molar-refractivity contribution in [1.29, 1.82) is 0 Å². The van der Waals surface area contributed by atoms with Crippen LogP contribution in [0.25, 0.3) is 0 Å². The summed E-state index contributed by atoms with van der Waals surface area (Å²) in [6, 6.07) is 4.43. The summed E-state index contributed by atoms with van der Waals surface area (Å²) in [5, 5.41) is 17.2. The molecular formula is C5H6ClNO2. The van der Waals surface area contributed by atoms with Crippen molar-refractivity contribution in [1.82, 2.24) is 0 Å². The van der Waals surface area contributed by atoms with Crippen molar-refractivity contribution in [3.05, 3.63) is 18.2 Å². The smallest absolute Gasteiger partial charge is 0.366 e. The van der Waals surface area contributed by atoms with E-state index in [4.69, 9.17) is 10.2 Å². The lowest BCUT2D eigenvalue weighted by atomic mass is 10.5. The van der Waals surface area contributed by atoms with Crippen LogP contribution in [0, 0.1) is 0 Å². The number of nitrogens with one attached hydrogen (secondary N) is 1. The molecule has 0 aliphatic carbocycles. The van der Waals surface area contributed by atoms with Gasteiger partial charge in [0.2, 0.25) is 0 Å². The van der Waals surface area contributed by atoms with Gasteiger partial charge in [-0.3, -0.25) is 0 Å². The summed E-state index contributed by atoms with van der Waals surface area (Å²) >= 11 is 0. The molecule has 9 heavy (non-hydrogen) atoms. The Bertz CT molecular complexity index is 175. The summed E-state index contributed by atoms with van der Waals surface area (Å²) in [4.78, 5) is 2.28. The van der Waals surface area contributed by atoms with Crippen LogP contribution in [0.1, 0.15) is 0 Å². The van der Waals surface area contributed by atoms with Crippen LogP contribution in [0.5, 0.6) is 11.8 Å². The Morgan fingerprint density at radius 2 is 1.56 bits per heavy atom. The van der Waals surface area contributed by atoms with Gasteiger partial charge >= 0.3 is 11.8 Å². The number of aromatic hydroxyl groups is 2. The minimum Gasteiger partial charge on any atom is -1.00 e. The van der Waals surface area contributed by atoms with Crippen LogP contribution in [0.15, 0.2) is 18.2 Å². The topological polar surface area (TPSA) is 54.6 Å². The van der Waals surface area contributed by atoms with E-state index in [1.807, 2.05) is 0 Å². The second-order valence-electron chi connectivity index (χ2n) is 1.42. The fourth-order valence-electron chi connectivity index (χ4n) is 0.445. The zero-order valence-corrected chi connectivity index (χ0v) is 5.26. The van der Waals surface area contributed by atoms with Gasteiger partial charge in [0.15, 0.2) is 0 Å². The molecule has 0 amide bonds. The Kier molecular flexibility index (Phi) is 2.81. The van der Waals surface area contributed by atoms with E-state index in [1.165, 1.54) is 12.1 Å². The van der Waals surface area contributed by atoms with Gasteiger partial charge in [0.1, 0.15) is 0 Å². The standard InChI is InChI=1S/C5H5NO2.ClH/c7-4-2-1-3-5(8)6-4;/h1-3H,(H2,6,7,8);1H. The van der Waals surface area contributed by atoms with Crippen LogP contribution in [-0.4, -0.2) is 10.2 Å². The van der Waals surface area contributed by atoms with E-state index in [0.29, 0.717) is 0 Å². The van der Waals surface area contributed by atoms with E-state index in [9.17, 15) is 0 Å². The third-order valence-corrected chi connectivity index (χ3v) is 0.764. The minimum absolute atomic E-state index is 0. The van der Waals surface area contributed by atoms with Crippen molar-refractivity contribution in [3.8, 4) is 11.8 Å². The molecule has 3 nitrogen and oxygen atoms in total. The number of hydrogen-bond acceptors (Lipinski definition) is 2. The summed E-state index contributed by atoms with van der Waals surface area (Å²) in [5.74, 6) is -0.0741. The lowest BCUT2D eigenvalue weighted by Gasteiger charge is -1.80. The molecule has 1 aromatic rings. The molecule has 0 unspecified atom stereocenters. The van der Waals surface area contributed by atoms with E-state index >= 15 is 0 Å². The number of pyridine rings is 1. The predicted molar refractivity (Wildman–Crippen MR) is 26.3 cm³/mol.